The van der Waals surface area contributed by atoms with Gasteiger partial charge in [0.2, 0.25) is 0 Å². The Balaban J connectivity index is 1.41. The van der Waals surface area contributed by atoms with Crippen LogP contribution in [0.15, 0.2) is 121 Å². The Morgan fingerprint density at radius 1 is 0.583 bits per heavy atom. The molecule has 0 fully saturated rings. The van der Waals surface area contributed by atoms with Crippen molar-refractivity contribution < 1.29 is 0 Å². The van der Waals surface area contributed by atoms with Gasteiger partial charge in [0.05, 0.1) is 16.6 Å². The highest BCUT2D eigenvalue weighted by molar-refractivity contribution is 7.26. The molecule has 0 saturated carbocycles. The largest absolute Gasteiger partial charge is 0.308 e. The summed E-state index contributed by atoms with van der Waals surface area (Å²) in [4.78, 5) is 4.88. The molecule has 3 aromatic heterocycles. The molecular formula is C33H20N2S. The second-order valence-electron chi connectivity index (χ2n) is 9.25. The summed E-state index contributed by atoms with van der Waals surface area (Å²) < 4.78 is 4.99. The summed E-state index contributed by atoms with van der Waals surface area (Å²) in [6, 6.07) is 41.5. The van der Waals surface area contributed by atoms with E-state index in [2.05, 4.69) is 114 Å². The molecule has 168 valence electrons. The zero-order valence-corrected chi connectivity index (χ0v) is 20.2. The van der Waals surface area contributed by atoms with Gasteiger partial charge in [0.15, 0.2) is 0 Å². The fraction of sp³-hybridized carbons (Fsp3) is 0. The van der Waals surface area contributed by atoms with Crippen molar-refractivity contribution >= 4 is 64.2 Å². The minimum Gasteiger partial charge on any atom is -0.308 e. The second kappa shape index (κ2) is 7.51. The van der Waals surface area contributed by atoms with Crippen molar-refractivity contribution in [1.82, 2.24) is 9.55 Å². The maximum Gasteiger partial charge on any atom is 0.0977 e. The quantitative estimate of drug-likeness (QED) is 0.243. The van der Waals surface area contributed by atoms with E-state index < -0.39 is 0 Å². The van der Waals surface area contributed by atoms with Crippen LogP contribution in [-0.2, 0) is 0 Å². The minimum atomic E-state index is 1.06. The molecule has 8 rings (SSSR count). The summed E-state index contributed by atoms with van der Waals surface area (Å²) >= 11 is 1.86. The molecule has 0 bridgehead atoms. The smallest absolute Gasteiger partial charge is 0.0977 e. The number of rotatable bonds is 2. The van der Waals surface area contributed by atoms with Crippen LogP contribution in [0, 0.1) is 0 Å². The van der Waals surface area contributed by atoms with Gasteiger partial charge in [-0.1, -0.05) is 72.8 Å². The summed E-state index contributed by atoms with van der Waals surface area (Å²) in [7, 11) is 0. The van der Waals surface area contributed by atoms with Crippen molar-refractivity contribution in [2.45, 2.75) is 0 Å². The number of hydrogen-bond acceptors (Lipinski definition) is 2. The van der Waals surface area contributed by atoms with Crippen LogP contribution >= 0.6 is 11.3 Å². The van der Waals surface area contributed by atoms with Crippen molar-refractivity contribution in [1.29, 1.82) is 0 Å². The molecule has 2 nitrogen and oxygen atoms in total. The molecule has 0 unspecified atom stereocenters. The maximum atomic E-state index is 4.88. The van der Waals surface area contributed by atoms with Crippen molar-refractivity contribution in [2.24, 2.45) is 0 Å². The maximum absolute atomic E-state index is 4.88. The average Bonchev–Trinajstić information content (AvgIpc) is 3.48. The molecule has 8 aromatic rings. The lowest BCUT2D eigenvalue weighted by molar-refractivity contribution is 1.18. The summed E-state index contributed by atoms with van der Waals surface area (Å²) in [5.41, 5.74) is 6.96. The number of hydrogen-bond donors (Lipinski definition) is 0. The van der Waals surface area contributed by atoms with E-state index in [0.29, 0.717) is 0 Å². The van der Waals surface area contributed by atoms with Gasteiger partial charge in [-0.25, -0.2) is 0 Å². The summed E-state index contributed by atoms with van der Waals surface area (Å²) in [5.74, 6) is 0. The summed E-state index contributed by atoms with van der Waals surface area (Å²) in [5, 5.41) is 6.37. The first-order valence-corrected chi connectivity index (χ1v) is 13.0. The molecule has 3 heteroatoms. The lowest BCUT2D eigenvalue weighted by Gasteiger charge is -2.11. The predicted octanol–water partition coefficient (Wildman–Crippen LogP) is 9.37. The number of benzene rings is 5. The predicted molar refractivity (Wildman–Crippen MR) is 154 cm³/mol. The standard InChI is InChI=1S/C33H20N2S/c1-2-8-22-19-24(15-14-21(22)7-1)23-9-5-10-25(20-23)35-28-17-16-27-26-11-3-4-13-30(26)36-33(27)31(28)32-29(35)12-6-18-34-32/h1-20H. The van der Waals surface area contributed by atoms with Crippen LogP contribution in [0.5, 0.6) is 0 Å². The van der Waals surface area contributed by atoms with Crippen LogP contribution in [0.1, 0.15) is 0 Å². The second-order valence-corrected chi connectivity index (χ2v) is 10.3. The van der Waals surface area contributed by atoms with Crippen molar-refractivity contribution in [3.8, 4) is 16.8 Å². The van der Waals surface area contributed by atoms with E-state index in [-0.39, 0.29) is 0 Å². The van der Waals surface area contributed by atoms with E-state index >= 15 is 0 Å². The van der Waals surface area contributed by atoms with Gasteiger partial charge in [-0.2, -0.15) is 0 Å². The van der Waals surface area contributed by atoms with Crippen LogP contribution in [-0.4, -0.2) is 9.55 Å². The Kier molecular flexibility index (Phi) is 4.13. The lowest BCUT2D eigenvalue weighted by atomic mass is 10.0. The van der Waals surface area contributed by atoms with Crippen LogP contribution < -0.4 is 0 Å². The van der Waals surface area contributed by atoms with E-state index in [1.165, 1.54) is 53.0 Å². The first-order chi connectivity index (χ1) is 17.8. The zero-order valence-electron chi connectivity index (χ0n) is 19.3. The molecule has 0 amide bonds. The Morgan fingerprint density at radius 2 is 1.44 bits per heavy atom. The normalized spacial score (nSPS) is 11.9. The van der Waals surface area contributed by atoms with E-state index in [4.69, 9.17) is 4.98 Å². The molecule has 36 heavy (non-hydrogen) atoms. The number of nitrogens with zero attached hydrogens (tertiary/aromatic N) is 2. The van der Waals surface area contributed by atoms with E-state index in [1.54, 1.807) is 0 Å². The van der Waals surface area contributed by atoms with Gasteiger partial charge in [-0.05, 0) is 64.4 Å². The highest BCUT2D eigenvalue weighted by Crippen LogP contribution is 2.42. The SMILES string of the molecule is c1cc(-c2ccc3ccccc3c2)cc(-n2c3cccnc3c3c4sc5ccccc5c4ccc32)c1. The highest BCUT2D eigenvalue weighted by Gasteiger charge is 2.18. The van der Waals surface area contributed by atoms with Crippen molar-refractivity contribution in [2.75, 3.05) is 0 Å². The Labute approximate surface area is 211 Å². The van der Waals surface area contributed by atoms with Crippen molar-refractivity contribution in [3.63, 3.8) is 0 Å². The first-order valence-electron chi connectivity index (χ1n) is 12.1. The fourth-order valence-electron chi connectivity index (χ4n) is 5.56. The average molecular weight is 477 g/mol. The fourth-order valence-corrected chi connectivity index (χ4v) is 6.81. The lowest BCUT2D eigenvalue weighted by Crippen LogP contribution is -1.94. The zero-order chi connectivity index (χ0) is 23.6. The third kappa shape index (κ3) is 2.81. The molecule has 0 N–H and O–H groups in total. The third-order valence-corrected chi connectivity index (χ3v) is 8.42. The number of thiophene rings is 1. The molecule has 0 aliphatic heterocycles. The van der Waals surface area contributed by atoms with Crippen LogP contribution in [0.2, 0.25) is 0 Å². The topological polar surface area (TPSA) is 17.8 Å². The molecule has 0 atom stereocenters. The molecule has 3 heterocycles. The number of fused-ring (bicyclic) bond motifs is 8. The molecule has 0 aliphatic rings. The minimum absolute atomic E-state index is 1.06. The molecule has 0 radical (unpaired) electrons. The third-order valence-electron chi connectivity index (χ3n) is 7.22. The van der Waals surface area contributed by atoms with Gasteiger partial charge >= 0.3 is 0 Å². The van der Waals surface area contributed by atoms with E-state index in [1.807, 2.05) is 23.6 Å². The Hall–Kier alpha value is -4.47. The van der Waals surface area contributed by atoms with Gasteiger partial charge in [-0.15, -0.1) is 11.3 Å². The molecule has 0 saturated heterocycles. The molecule has 0 spiro atoms. The molecule has 0 aliphatic carbocycles. The Bertz CT molecular complexity index is 2110. The van der Waals surface area contributed by atoms with Crippen LogP contribution in [0.25, 0.3) is 69.7 Å². The molecule has 5 aromatic carbocycles. The van der Waals surface area contributed by atoms with Gasteiger partial charge in [0.1, 0.15) is 0 Å². The van der Waals surface area contributed by atoms with Crippen molar-refractivity contribution in [3.05, 3.63) is 121 Å². The van der Waals surface area contributed by atoms with E-state index in [9.17, 15) is 0 Å². The first kappa shape index (κ1) is 19.8. The Morgan fingerprint density at radius 3 is 2.42 bits per heavy atom. The van der Waals surface area contributed by atoms with Gasteiger partial charge in [-0.3, -0.25) is 4.98 Å². The summed E-state index contributed by atoms with van der Waals surface area (Å²) in [6.45, 7) is 0. The van der Waals surface area contributed by atoms with Gasteiger partial charge < -0.3 is 4.57 Å². The number of pyridine rings is 1. The highest BCUT2D eigenvalue weighted by atomic mass is 32.1. The van der Waals surface area contributed by atoms with Gasteiger partial charge in [0.25, 0.3) is 0 Å². The van der Waals surface area contributed by atoms with Gasteiger partial charge in [0, 0.05) is 37.4 Å². The number of aromatic nitrogens is 2. The van der Waals surface area contributed by atoms with E-state index in [0.717, 1.165) is 16.7 Å². The monoisotopic (exact) mass is 476 g/mol. The van der Waals surface area contributed by atoms with Crippen LogP contribution in [0.4, 0.5) is 0 Å². The molecular weight excluding hydrogens is 456 g/mol. The van der Waals surface area contributed by atoms with Crippen LogP contribution in [0.3, 0.4) is 0 Å². The summed E-state index contributed by atoms with van der Waals surface area (Å²) in [6.07, 6.45) is 1.91.